The molecule has 0 aliphatic carbocycles. The highest BCUT2D eigenvalue weighted by Gasteiger charge is 2.45. The molecule has 29 heavy (non-hydrogen) atoms. The van der Waals surface area contributed by atoms with Gasteiger partial charge in [0.25, 0.3) is 11.8 Å². The summed E-state index contributed by atoms with van der Waals surface area (Å²) in [6.45, 7) is 2.60. The molecule has 2 heterocycles. The van der Waals surface area contributed by atoms with E-state index in [4.69, 9.17) is 4.74 Å². The molecule has 1 aromatic carbocycles. The van der Waals surface area contributed by atoms with Crippen LogP contribution in [0.15, 0.2) is 18.2 Å². The summed E-state index contributed by atoms with van der Waals surface area (Å²) in [5.41, 5.74) is 0.437. The molecule has 1 saturated heterocycles. The first-order chi connectivity index (χ1) is 13.9. The molecule has 0 bridgehead atoms. The summed E-state index contributed by atoms with van der Waals surface area (Å²) < 4.78 is 5.82. The zero-order valence-corrected chi connectivity index (χ0v) is 18.0. The Bertz CT molecular complexity index is 825. The number of rotatable bonds is 9. The van der Waals surface area contributed by atoms with Crippen molar-refractivity contribution >= 4 is 39.6 Å². The molecular weight excluding hydrogens is 440 g/mol. The second-order valence-corrected chi connectivity index (χ2v) is 8.65. The molecule has 7 nitrogen and oxygen atoms in total. The summed E-state index contributed by atoms with van der Waals surface area (Å²) in [4.78, 5) is 50.7. The van der Waals surface area contributed by atoms with E-state index in [1.54, 1.807) is 18.2 Å². The maximum Gasteiger partial charge on any atom is 0.266 e. The molecule has 3 rings (SSSR count). The lowest BCUT2D eigenvalue weighted by Gasteiger charge is -2.27. The molecule has 2 atom stereocenters. The predicted octanol–water partition coefficient (Wildman–Crippen LogP) is 3.20. The zero-order chi connectivity index (χ0) is 21.0. The smallest absolute Gasteiger partial charge is 0.266 e. The largest absolute Gasteiger partial charge is 0.493 e. The van der Waals surface area contributed by atoms with Crippen molar-refractivity contribution in [2.45, 2.75) is 62.7 Å². The third kappa shape index (κ3) is 4.69. The third-order valence-corrected chi connectivity index (χ3v) is 6.12. The number of ether oxygens (including phenoxy) is 1. The minimum atomic E-state index is -0.970. The number of nitrogens with zero attached hydrogens (tertiary/aromatic N) is 1. The van der Waals surface area contributed by atoms with Gasteiger partial charge in [0.1, 0.15) is 11.8 Å². The Balaban J connectivity index is 1.65. The maximum atomic E-state index is 13.0. The summed E-state index contributed by atoms with van der Waals surface area (Å²) in [6, 6.07) is 3.93. The number of amides is 4. The molecule has 1 fully saturated rings. The van der Waals surface area contributed by atoms with Crippen LogP contribution in [0.1, 0.15) is 72.6 Å². The van der Waals surface area contributed by atoms with Crippen LogP contribution in [0.3, 0.4) is 0 Å². The second-order valence-electron chi connectivity index (χ2n) is 7.36. The Kier molecular flexibility index (Phi) is 7.05. The van der Waals surface area contributed by atoms with Gasteiger partial charge in [-0.2, -0.15) is 0 Å². The molecule has 0 radical (unpaired) electrons. The topological polar surface area (TPSA) is 92.8 Å². The maximum absolute atomic E-state index is 13.0. The van der Waals surface area contributed by atoms with Gasteiger partial charge in [0.15, 0.2) is 0 Å². The molecule has 2 aliphatic rings. The highest BCUT2D eigenvalue weighted by Crippen LogP contribution is 2.33. The van der Waals surface area contributed by atoms with Crippen LogP contribution in [0.25, 0.3) is 0 Å². The number of nitrogens with one attached hydrogen (secondary N) is 1. The highest BCUT2D eigenvalue weighted by molar-refractivity contribution is 9.09. The van der Waals surface area contributed by atoms with Crippen LogP contribution in [0.4, 0.5) is 0 Å². The molecule has 0 saturated carbocycles. The first kappa shape index (κ1) is 21.5. The van der Waals surface area contributed by atoms with Gasteiger partial charge < -0.3 is 4.74 Å². The normalized spacial score (nSPS) is 19.9. The number of piperidine rings is 1. The average molecular weight is 465 g/mol. The van der Waals surface area contributed by atoms with Crippen molar-refractivity contribution in [2.24, 2.45) is 0 Å². The van der Waals surface area contributed by atoms with Gasteiger partial charge in [-0.15, -0.1) is 0 Å². The van der Waals surface area contributed by atoms with E-state index in [2.05, 4.69) is 28.2 Å². The number of unbranched alkanes of at least 4 members (excludes halogenated alkanes) is 1. The van der Waals surface area contributed by atoms with Gasteiger partial charge in [-0.05, 0) is 44.2 Å². The van der Waals surface area contributed by atoms with Crippen molar-refractivity contribution in [1.82, 2.24) is 10.2 Å². The van der Waals surface area contributed by atoms with Crippen molar-refractivity contribution < 1.29 is 23.9 Å². The van der Waals surface area contributed by atoms with E-state index in [-0.39, 0.29) is 24.0 Å². The fourth-order valence-corrected chi connectivity index (χ4v) is 4.49. The summed E-state index contributed by atoms with van der Waals surface area (Å²) in [5.74, 6) is -1.71. The Morgan fingerprint density at radius 2 is 1.97 bits per heavy atom. The van der Waals surface area contributed by atoms with E-state index in [9.17, 15) is 19.2 Å². The van der Waals surface area contributed by atoms with Crippen LogP contribution in [-0.4, -0.2) is 46.0 Å². The van der Waals surface area contributed by atoms with Gasteiger partial charge in [-0.1, -0.05) is 35.3 Å². The van der Waals surface area contributed by atoms with Crippen LogP contribution in [0.5, 0.6) is 5.75 Å². The van der Waals surface area contributed by atoms with E-state index < -0.39 is 29.7 Å². The molecule has 2 aliphatic heterocycles. The van der Waals surface area contributed by atoms with E-state index in [0.29, 0.717) is 17.2 Å². The Hall–Kier alpha value is -2.22. The number of hydrogen-bond donors (Lipinski definition) is 1. The fourth-order valence-electron chi connectivity index (χ4n) is 3.71. The first-order valence-electron chi connectivity index (χ1n) is 10.1. The van der Waals surface area contributed by atoms with Gasteiger partial charge in [-0.3, -0.25) is 29.4 Å². The average Bonchev–Trinajstić information content (AvgIpc) is 2.93. The molecule has 0 aromatic heterocycles. The first-order valence-corrected chi connectivity index (χ1v) is 11.0. The Morgan fingerprint density at radius 1 is 1.17 bits per heavy atom. The molecule has 1 N–H and O–H groups in total. The van der Waals surface area contributed by atoms with Crippen LogP contribution < -0.4 is 10.1 Å². The van der Waals surface area contributed by atoms with Crippen LogP contribution >= 0.6 is 15.9 Å². The van der Waals surface area contributed by atoms with Gasteiger partial charge in [0.2, 0.25) is 11.8 Å². The minimum Gasteiger partial charge on any atom is -0.493 e. The minimum absolute atomic E-state index is 0.0970. The van der Waals surface area contributed by atoms with E-state index in [1.807, 2.05) is 0 Å². The quantitative estimate of drug-likeness (QED) is 0.344. The van der Waals surface area contributed by atoms with Crippen LogP contribution in [0.2, 0.25) is 0 Å². The third-order valence-electron chi connectivity index (χ3n) is 5.20. The summed E-state index contributed by atoms with van der Waals surface area (Å²) >= 11 is 3.66. The van der Waals surface area contributed by atoms with Crippen molar-refractivity contribution in [3.05, 3.63) is 29.3 Å². The highest BCUT2D eigenvalue weighted by atomic mass is 79.9. The van der Waals surface area contributed by atoms with E-state index >= 15 is 0 Å². The number of carbonyl (C=O) groups excluding carboxylic acids is 4. The second kappa shape index (κ2) is 9.52. The lowest BCUT2D eigenvalue weighted by atomic mass is 10.0. The van der Waals surface area contributed by atoms with Gasteiger partial charge in [0.05, 0.1) is 17.7 Å². The van der Waals surface area contributed by atoms with E-state index in [0.717, 1.165) is 37.0 Å². The molecular formula is C21H25BrN2O5. The van der Waals surface area contributed by atoms with Crippen LogP contribution in [0, 0.1) is 0 Å². The predicted molar refractivity (Wildman–Crippen MR) is 110 cm³/mol. The van der Waals surface area contributed by atoms with E-state index in [1.165, 1.54) is 0 Å². The number of alkyl halides is 1. The number of carbonyl (C=O) groups is 4. The van der Waals surface area contributed by atoms with Crippen molar-refractivity contribution in [1.29, 1.82) is 0 Å². The standard InChI is InChI=1S/C21H25BrN2O5/c1-2-6-13(22)7-3-4-12-29-16-9-5-8-14-18(16)21(28)24(20(14)27)15-10-11-17(25)23-19(15)26/h5,8-9,13,15H,2-4,6-7,10-12H2,1H3,(H,23,25,26). The molecule has 0 spiro atoms. The monoisotopic (exact) mass is 464 g/mol. The Morgan fingerprint density at radius 3 is 2.69 bits per heavy atom. The van der Waals surface area contributed by atoms with Crippen molar-refractivity contribution in [3.8, 4) is 5.75 Å². The Labute approximate surface area is 178 Å². The number of benzene rings is 1. The lowest BCUT2D eigenvalue weighted by molar-refractivity contribution is -0.136. The summed E-state index contributed by atoms with van der Waals surface area (Å²) in [5, 5.41) is 2.20. The summed E-state index contributed by atoms with van der Waals surface area (Å²) in [6.07, 6.45) is 5.42. The number of fused-ring (bicyclic) bond motifs is 1. The SMILES string of the molecule is CCCC(Br)CCCCOc1cccc2c1C(=O)N(C1CCC(=O)NC1=O)C2=O. The number of imide groups is 2. The number of hydrogen-bond acceptors (Lipinski definition) is 5. The number of halogens is 1. The van der Waals surface area contributed by atoms with Gasteiger partial charge >= 0.3 is 0 Å². The molecule has 2 unspecified atom stereocenters. The molecule has 4 amide bonds. The molecule has 1 aromatic rings. The molecule has 156 valence electrons. The van der Waals surface area contributed by atoms with Crippen LogP contribution in [-0.2, 0) is 9.59 Å². The lowest BCUT2D eigenvalue weighted by Crippen LogP contribution is -2.54. The van der Waals surface area contributed by atoms with Gasteiger partial charge in [-0.25, -0.2) is 0 Å². The van der Waals surface area contributed by atoms with Crippen molar-refractivity contribution in [2.75, 3.05) is 6.61 Å². The zero-order valence-electron chi connectivity index (χ0n) is 16.4. The summed E-state index contributed by atoms with van der Waals surface area (Å²) in [7, 11) is 0. The van der Waals surface area contributed by atoms with Crippen molar-refractivity contribution in [3.63, 3.8) is 0 Å². The van der Waals surface area contributed by atoms with Gasteiger partial charge in [0, 0.05) is 11.2 Å². The molecule has 8 heteroatoms. The fraction of sp³-hybridized carbons (Fsp3) is 0.524.